The Labute approximate surface area is 110 Å². The molecule has 4 heteroatoms. The number of benzene rings is 1. The van der Waals surface area contributed by atoms with E-state index in [0.29, 0.717) is 0 Å². The Morgan fingerprint density at radius 3 is 2.94 bits per heavy atom. The quantitative estimate of drug-likeness (QED) is 0.811. The lowest BCUT2D eigenvalue weighted by atomic mass is 10.1. The standard InChI is InChI=1S/C14H18N2OS/c1-18(17)10-4-8-15-11-12-7-9-16-14-6-3-2-5-13(12)14/h2-3,5-7,9,15H,4,8,10-11H2,1H3. The summed E-state index contributed by atoms with van der Waals surface area (Å²) in [7, 11) is -0.686. The van der Waals surface area contributed by atoms with Gasteiger partial charge in [0.1, 0.15) is 0 Å². The molecule has 0 fully saturated rings. The van der Waals surface area contributed by atoms with Crippen LogP contribution in [0.5, 0.6) is 0 Å². The molecule has 1 N–H and O–H groups in total. The fourth-order valence-electron chi connectivity index (χ4n) is 1.93. The summed E-state index contributed by atoms with van der Waals surface area (Å²) < 4.78 is 10.9. The van der Waals surface area contributed by atoms with Gasteiger partial charge in [-0.25, -0.2) is 0 Å². The van der Waals surface area contributed by atoms with E-state index in [1.54, 1.807) is 6.26 Å². The molecule has 2 aromatic rings. The highest BCUT2D eigenvalue weighted by molar-refractivity contribution is 7.84. The Morgan fingerprint density at radius 1 is 1.28 bits per heavy atom. The van der Waals surface area contributed by atoms with Crippen LogP contribution >= 0.6 is 0 Å². The van der Waals surface area contributed by atoms with Gasteiger partial charge in [-0.05, 0) is 30.7 Å². The second-order valence-electron chi connectivity index (χ2n) is 4.29. The summed E-state index contributed by atoms with van der Waals surface area (Å²) in [6.07, 6.45) is 4.54. The van der Waals surface area contributed by atoms with E-state index in [-0.39, 0.29) is 0 Å². The van der Waals surface area contributed by atoms with Crippen LogP contribution in [0.25, 0.3) is 10.9 Å². The summed E-state index contributed by atoms with van der Waals surface area (Å²) >= 11 is 0. The molecule has 0 radical (unpaired) electrons. The molecule has 18 heavy (non-hydrogen) atoms. The Bertz CT molecular complexity index is 537. The first-order valence-corrected chi connectivity index (χ1v) is 7.83. The van der Waals surface area contributed by atoms with Gasteiger partial charge in [0.2, 0.25) is 0 Å². The van der Waals surface area contributed by atoms with Crippen molar-refractivity contribution < 1.29 is 4.21 Å². The molecule has 1 heterocycles. The van der Waals surface area contributed by atoms with Crippen molar-refractivity contribution in [2.24, 2.45) is 0 Å². The van der Waals surface area contributed by atoms with Crippen molar-refractivity contribution in [2.45, 2.75) is 13.0 Å². The van der Waals surface area contributed by atoms with Crippen LogP contribution in [0.3, 0.4) is 0 Å². The first-order chi connectivity index (χ1) is 8.77. The Hall–Kier alpha value is -1.26. The zero-order valence-corrected chi connectivity index (χ0v) is 11.4. The normalized spacial score (nSPS) is 12.7. The number of rotatable bonds is 6. The van der Waals surface area contributed by atoms with Crippen molar-refractivity contribution >= 4 is 21.7 Å². The van der Waals surface area contributed by atoms with E-state index >= 15 is 0 Å². The molecule has 0 amide bonds. The van der Waals surface area contributed by atoms with Crippen LogP contribution < -0.4 is 5.32 Å². The second-order valence-corrected chi connectivity index (χ2v) is 5.85. The predicted octanol–water partition coefficient (Wildman–Crippen LogP) is 2.09. The van der Waals surface area contributed by atoms with E-state index in [2.05, 4.69) is 16.4 Å². The summed E-state index contributed by atoms with van der Waals surface area (Å²) in [5.41, 5.74) is 2.30. The van der Waals surface area contributed by atoms with Gasteiger partial charge in [-0.2, -0.15) is 0 Å². The number of para-hydroxylation sites is 1. The number of nitrogens with zero attached hydrogens (tertiary/aromatic N) is 1. The highest BCUT2D eigenvalue weighted by atomic mass is 32.2. The molecular formula is C14H18N2OS. The molecule has 3 nitrogen and oxygen atoms in total. The van der Waals surface area contributed by atoms with E-state index in [0.717, 1.165) is 30.8 Å². The van der Waals surface area contributed by atoms with Crippen LogP contribution in [0.1, 0.15) is 12.0 Å². The zero-order valence-electron chi connectivity index (χ0n) is 10.6. The van der Waals surface area contributed by atoms with Crippen molar-refractivity contribution in [2.75, 3.05) is 18.6 Å². The Balaban J connectivity index is 1.93. The van der Waals surface area contributed by atoms with Gasteiger partial charge in [0.25, 0.3) is 0 Å². The molecule has 0 saturated heterocycles. The minimum Gasteiger partial charge on any atom is -0.313 e. The summed E-state index contributed by atoms with van der Waals surface area (Å²) in [6, 6.07) is 10.2. The van der Waals surface area contributed by atoms with Gasteiger partial charge in [-0.1, -0.05) is 18.2 Å². The molecule has 1 unspecified atom stereocenters. The first-order valence-electron chi connectivity index (χ1n) is 6.11. The molecule has 1 atom stereocenters. The van der Waals surface area contributed by atoms with Crippen LogP contribution in [-0.2, 0) is 17.3 Å². The highest BCUT2D eigenvalue weighted by Crippen LogP contribution is 2.15. The number of hydrogen-bond donors (Lipinski definition) is 1. The third-order valence-corrected chi connectivity index (χ3v) is 3.70. The molecule has 0 aliphatic carbocycles. The lowest BCUT2D eigenvalue weighted by Crippen LogP contribution is -2.16. The van der Waals surface area contributed by atoms with Crippen molar-refractivity contribution in [3.63, 3.8) is 0 Å². The van der Waals surface area contributed by atoms with Gasteiger partial charge in [-0.3, -0.25) is 9.19 Å². The second kappa shape index (κ2) is 6.61. The van der Waals surface area contributed by atoms with Crippen LogP contribution in [0.2, 0.25) is 0 Å². The van der Waals surface area contributed by atoms with Gasteiger partial charge >= 0.3 is 0 Å². The summed E-state index contributed by atoms with van der Waals surface area (Å²) in [5, 5.41) is 4.59. The third-order valence-electron chi connectivity index (χ3n) is 2.84. The van der Waals surface area contributed by atoms with E-state index in [4.69, 9.17) is 0 Å². The number of fused-ring (bicyclic) bond motifs is 1. The Morgan fingerprint density at radius 2 is 2.11 bits per heavy atom. The van der Waals surface area contributed by atoms with Crippen molar-refractivity contribution in [1.82, 2.24) is 10.3 Å². The number of hydrogen-bond acceptors (Lipinski definition) is 3. The molecule has 0 aliphatic rings. The van der Waals surface area contributed by atoms with E-state index in [1.807, 2.05) is 30.5 Å². The van der Waals surface area contributed by atoms with Gasteiger partial charge in [0.15, 0.2) is 0 Å². The van der Waals surface area contributed by atoms with Crippen LogP contribution in [0.4, 0.5) is 0 Å². The predicted molar refractivity (Wildman–Crippen MR) is 77.0 cm³/mol. The summed E-state index contributed by atoms with van der Waals surface area (Å²) in [6.45, 7) is 1.73. The van der Waals surface area contributed by atoms with Crippen molar-refractivity contribution in [1.29, 1.82) is 0 Å². The van der Waals surface area contributed by atoms with Crippen molar-refractivity contribution in [3.05, 3.63) is 42.1 Å². The third kappa shape index (κ3) is 3.62. The average Bonchev–Trinajstić information content (AvgIpc) is 2.38. The van der Waals surface area contributed by atoms with Gasteiger partial charge in [-0.15, -0.1) is 0 Å². The fourth-order valence-corrected chi connectivity index (χ4v) is 2.48. The maximum atomic E-state index is 10.9. The largest absolute Gasteiger partial charge is 0.313 e. The Kier molecular flexibility index (Phi) is 4.84. The van der Waals surface area contributed by atoms with Crippen LogP contribution in [0, 0.1) is 0 Å². The molecule has 2 rings (SSSR count). The molecule has 1 aromatic carbocycles. The molecule has 1 aromatic heterocycles. The smallest absolute Gasteiger partial charge is 0.0705 e. The molecule has 0 spiro atoms. The molecule has 0 saturated carbocycles. The summed E-state index contributed by atoms with van der Waals surface area (Å²) in [5.74, 6) is 0.768. The van der Waals surface area contributed by atoms with E-state index < -0.39 is 10.8 Å². The molecule has 0 bridgehead atoms. The topological polar surface area (TPSA) is 42.0 Å². The highest BCUT2D eigenvalue weighted by Gasteiger charge is 2.00. The van der Waals surface area contributed by atoms with Crippen LogP contribution in [-0.4, -0.2) is 27.7 Å². The lowest BCUT2D eigenvalue weighted by molar-refractivity contribution is 0.663. The van der Waals surface area contributed by atoms with E-state index in [1.165, 1.54) is 10.9 Å². The number of nitrogens with one attached hydrogen (secondary N) is 1. The summed E-state index contributed by atoms with van der Waals surface area (Å²) in [4.78, 5) is 4.34. The SMILES string of the molecule is CS(=O)CCCNCc1ccnc2ccccc12. The monoisotopic (exact) mass is 262 g/mol. The number of pyridine rings is 1. The van der Waals surface area contributed by atoms with Crippen LogP contribution in [0.15, 0.2) is 36.5 Å². The molecule has 0 aliphatic heterocycles. The molecule has 96 valence electrons. The van der Waals surface area contributed by atoms with E-state index in [9.17, 15) is 4.21 Å². The fraction of sp³-hybridized carbons (Fsp3) is 0.357. The lowest BCUT2D eigenvalue weighted by Gasteiger charge is -2.07. The number of aromatic nitrogens is 1. The first kappa shape index (κ1) is 13.2. The maximum Gasteiger partial charge on any atom is 0.0705 e. The van der Waals surface area contributed by atoms with Gasteiger partial charge in [0, 0.05) is 40.9 Å². The van der Waals surface area contributed by atoms with Crippen molar-refractivity contribution in [3.8, 4) is 0 Å². The zero-order chi connectivity index (χ0) is 12.8. The van der Waals surface area contributed by atoms with Gasteiger partial charge < -0.3 is 5.32 Å². The molecular weight excluding hydrogens is 244 g/mol. The minimum atomic E-state index is -0.686. The van der Waals surface area contributed by atoms with Gasteiger partial charge in [0.05, 0.1) is 5.52 Å². The maximum absolute atomic E-state index is 10.9. The minimum absolute atomic E-state index is 0.686. The average molecular weight is 262 g/mol.